The monoisotopic (exact) mass is 238 g/mol. The van der Waals surface area contributed by atoms with E-state index in [0.717, 1.165) is 4.90 Å². The molecule has 1 unspecified atom stereocenters. The summed E-state index contributed by atoms with van der Waals surface area (Å²) in [4.78, 5) is 11.9. The molecule has 1 saturated heterocycles. The van der Waals surface area contributed by atoms with Crippen molar-refractivity contribution in [3.63, 3.8) is 0 Å². The number of alkyl halides is 3. The summed E-state index contributed by atoms with van der Waals surface area (Å²) in [5.41, 5.74) is -0.219. The Morgan fingerprint density at radius 2 is 2.00 bits per heavy atom. The fourth-order valence-corrected chi connectivity index (χ4v) is 2.04. The van der Waals surface area contributed by atoms with Gasteiger partial charge in [-0.05, 0) is 33.2 Å². The van der Waals surface area contributed by atoms with Crippen LogP contribution in [0.2, 0.25) is 0 Å². The highest BCUT2D eigenvalue weighted by Gasteiger charge is 2.44. The fourth-order valence-electron chi connectivity index (χ4n) is 2.04. The van der Waals surface area contributed by atoms with E-state index in [1.807, 2.05) is 13.8 Å². The zero-order chi connectivity index (χ0) is 12.6. The summed E-state index contributed by atoms with van der Waals surface area (Å²) in [6, 6.07) is -0.342. The molecular formula is C10H17F3N2O. The van der Waals surface area contributed by atoms with Crippen molar-refractivity contribution >= 4 is 5.91 Å². The zero-order valence-electron chi connectivity index (χ0n) is 9.69. The molecule has 1 atom stereocenters. The van der Waals surface area contributed by atoms with Gasteiger partial charge in [-0.2, -0.15) is 13.2 Å². The lowest BCUT2D eigenvalue weighted by atomic mass is 9.88. The Labute approximate surface area is 93.0 Å². The molecule has 1 amide bonds. The Hall–Kier alpha value is -0.780. The summed E-state index contributed by atoms with van der Waals surface area (Å²) in [5, 5.41) is 3.20. The molecule has 0 aromatic heterocycles. The lowest BCUT2D eigenvalue weighted by Gasteiger charge is -2.40. The highest BCUT2D eigenvalue weighted by molar-refractivity contribution is 5.81. The molecule has 94 valence electrons. The van der Waals surface area contributed by atoms with Crippen LogP contribution in [-0.2, 0) is 4.79 Å². The second kappa shape index (κ2) is 4.24. The molecule has 0 aliphatic carbocycles. The first-order valence-electron chi connectivity index (χ1n) is 5.22. The normalized spacial score (nSPS) is 25.2. The Balaban J connectivity index is 2.67. The summed E-state index contributed by atoms with van der Waals surface area (Å²) >= 11 is 0. The van der Waals surface area contributed by atoms with Crippen LogP contribution in [0.1, 0.15) is 26.7 Å². The van der Waals surface area contributed by atoms with E-state index >= 15 is 0 Å². The van der Waals surface area contributed by atoms with Gasteiger partial charge in [0.15, 0.2) is 0 Å². The number of hydrogen-bond donors (Lipinski definition) is 1. The van der Waals surface area contributed by atoms with Crippen LogP contribution in [0.25, 0.3) is 0 Å². The third kappa shape index (κ3) is 3.10. The molecule has 0 bridgehead atoms. The van der Waals surface area contributed by atoms with E-state index in [4.69, 9.17) is 0 Å². The van der Waals surface area contributed by atoms with Gasteiger partial charge in [0.05, 0.1) is 0 Å². The van der Waals surface area contributed by atoms with Crippen molar-refractivity contribution in [2.24, 2.45) is 0 Å². The summed E-state index contributed by atoms with van der Waals surface area (Å²) < 4.78 is 36.7. The first-order valence-corrected chi connectivity index (χ1v) is 5.22. The maximum Gasteiger partial charge on any atom is 0.471 e. The van der Waals surface area contributed by atoms with Crippen LogP contribution in [0.4, 0.5) is 13.2 Å². The number of nitrogens with one attached hydrogen (secondary N) is 1. The summed E-state index contributed by atoms with van der Waals surface area (Å²) in [6.07, 6.45) is -3.68. The quantitative estimate of drug-likeness (QED) is 0.751. The summed E-state index contributed by atoms with van der Waals surface area (Å²) in [6.45, 7) is 4.48. The van der Waals surface area contributed by atoms with E-state index < -0.39 is 12.1 Å². The van der Waals surface area contributed by atoms with Gasteiger partial charge < -0.3 is 10.2 Å². The van der Waals surface area contributed by atoms with Crippen molar-refractivity contribution in [1.29, 1.82) is 0 Å². The van der Waals surface area contributed by atoms with Gasteiger partial charge in [0.2, 0.25) is 0 Å². The highest BCUT2D eigenvalue weighted by atomic mass is 19.4. The number of piperidine rings is 1. The van der Waals surface area contributed by atoms with E-state index in [2.05, 4.69) is 5.32 Å². The maximum absolute atomic E-state index is 12.2. The lowest BCUT2D eigenvalue weighted by Crippen LogP contribution is -2.55. The van der Waals surface area contributed by atoms with Crippen molar-refractivity contribution in [2.75, 3.05) is 13.6 Å². The number of nitrogens with zero attached hydrogens (tertiary/aromatic N) is 1. The van der Waals surface area contributed by atoms with Gasteiger partial charge in [0.1, 0.15) is 0 Å². The SMILES string of the molecule is CN(C(=O)C(F)(F)F)C1CCNC(C)(C)C1. The Bertz CT molecular complexity index is 276. The topological polar surface area (TPSA) is 32.3 Å². The first kappa shape index (κ1) is 13.3. The van der Waals surface area contributed by atoms with Gasteiger partial charge in [-0.3, -0.25) is 4.79 Å². The largest absolute Gasteiger partial charge is 0.471 e. The summed E-state index contributed by atoms with van der Waals surface area (Å²) in [5.74, 6) is -1.75. The molecular weight excluding hydrogens is 221 g/mol. The molecule has 3 nitrogen and oxygen atoms in total. The minimum Gasteiger partial charge on any atom is -0.335 e. The number of carbonyl (C=O) groups excluding carboxylic acids is 1. The van der Waals surface area contributed by atoms with Gasteiger partial charge in [0, 0.05) is 18.6 Å². The molecule has 0 aromatic rings. The molecule has 6 heteroatoms. The molecule has 0 spiro atoms. The fraction of sp³-hybridized carbons (Fsp3) is 0.900. The molecule has 16 heavy (non-hydrogen) atoms. The van der Waals surface area contributed by atoms with Crippen molar-refractivity contribution in [2.45, 2.75) is 44.4 Å². The van der Waals surface area contributed by atoms with Crippen LogP contribution in [0.3, 0.4) is 0 Å². The van der Waals surface area contributed by atoms with Crippen molar-refractivity contribution in [1.82, 2.24) is 10.2 Å². The molecule has 1 heterocycles. The van der Waals surface area contributed by atoms with E-state index in [0.29, 0.717) is 19.4 Å². The average molecular weight is 238 g/mol. The number of amides is 1. The second-order valence-corrected chi connectivity index (χ2v) is 4.87. The van der Waals surface area contributed by atoms with Crippen molar-refractivity contribution in [3.05, 3.63) is 0 Å². The zero-order valence-corrected chi connectivity index (χ0v) is 9.69. The number of halogens is 3. The predicted molar refractivity (Wildman–Crippen MR) is 53.9 cm³/mol. The highest BCUT2D eigenvalue weighted by Crippen LogP contribution is 2.26. The number of carbonyl (C=O) groups is 1. The Kier molecular flexibility index (Phi) is 3.52. The third-order valence-corrected chi connectivity index (χ3v) is 2.94. The molecule has 1 aliphatic heterocycles. The molecule has 0 saturated carbocycles. The number of hydrogen-bond acceptors (Lipinski definition) is 2. The standard InChI is InChI=1S/C10H17F3N2O/c1-9(2)6-7(4-5-14-9)15(3)8(16)10(11,12)13/h7,14H,4-6H2,1-3H3. The van der Waals surface area contributed by atoms with Crippen LogP contribution in [-0.4, -0.2) is 42.2 Å². The minimum atomic E-state index is -4.77. The third-order valence-electron chi connectivity index (χ3n) is 2.94. The Morgan fingerprint density at radius 3 is 2.44 bits per heavy atom. The van der Waals surface area contributed by atoms with Gasteiger partial charge in [0.25, 0.3) is 0 Å². The van der Waals surface area contributed by atoms with E-state index in [9.17, 15) is 18.0 Å². The summed E-state index contributed by atoms with van der Waals surface area (Å²) in [7, 11) is 1.22. The predicted octanol–water partition coefficient (Wildman–Crippen LogP) is 1.54. The molecule has 0 radical (unpaired) electrons. The van der Waals surface area contributed by atoms with Gasteiger partial charge in [-0.25, -0.2) is 0 Å². The molecule has 1 aliphatic rings. The van der Waals surface area contributed by atoms with Crippen LogP contribution in [0.5, 0.6) is 0 Å². The van der Waals surface area contributed by atoms with E-state index in [1.165, 1.54) is 7.05 Å². The molecule has 1 rings (SSSR count). The smallest absolute Gasteiger partial charge is 0.335 e. The van der Waals surface area contributed by atoms with Gasteiger partial charge >= 0.3 is 12.1 Å². The van der Waals surface area contributed by atoms with Crippen molar-refractivity contribution < 1.29 is 18.0 Å². The van der Waals surface area contributed by atoms with Crippen LogP contribution >= 0.6 is 0 Å². The van der Waals surface area contributed by atoms with Crippen LogP contribution in [0.15, 0.2) is 0 Å². The first-order chi connectivity index (χ1) is 7.13. The molecule has 0 aromatic carbocycles. The van der Waals surface area contributed by atoms with Gasteiger partial charge in [-0.1, -0.05) is 0 Å². The lowest BCUT2D eigenvalue weighted by molar-refractivity contribution is -0.187. The minimum absolute atomic E-state index is 0.219. The Morgan fingerprint density at radius 1 is 1.44 bits per heavy atom. The van der Waals surface area contributed by atoms with Crippen molar-refractivity contribution in [3.8, 4) is 0 Å². The van der Waals surface area contributed by atoms with E-state index in [1.54, 1.807) is 0 Å². The second-order valence-electron chi connectivity index (χ2n) is 4.87. The van der Waals surface area contributed by atoms with Crippen LogP contribution < -0.4 is 5.32 Å². The van der Waals surface area contributed by atoms with Crippen LogP contribution in [0, 0.1) is 0 Å². The average Bonchev–Trinajstić information content (AvgIpc) is 2.12. The maximum atomic E-state index is 12.2. The molecule has 1 N–H and O–H groups in total. The number of rotatable bonds is 1. The molecule has 1 fully saturated rings. The van der Waals surface area contributed by atoms with E-state index in [-0.39, 0.29) is 11.6 Å². The van der Waals surface area contributed by atoms with Gasteiger partial charge in [-0.15, -0.1) is 0 Å².